The van der Waals surface area contributed by atoms with Crippen molar-refractivity contribution in [2.24, 2.45) is 0 Å². The molecule has 1 aromatic heterocycles. The molecule has 96 valence electrons. The van der Waals surface area contributed by atoms with E-state index in [9.17, 15) is 0 Å². The molecule has 0 radical (unpaired) electrons. The number of rotatable bonds is 5. The molecule has 4 heteroatoms. The van der Waals surface area contributed by atoms with Gasteiger partial charge in [0, 0.05) is 17.5 Å². The first kappa shape index (κ1) is 13.1. The molecule has 1 unspecified atom stereocenters. The number of hydrogen-bond acceptors (Lipinski definition) is 2. The van der Waals surface area contributed by atoms with Crippen LogP contribution in [-0.4, -0.2) is 14.8 Å². The summed E-state index contributed by atoms with van der Waals surface area (Å²) in [4.78, 5) is 4.00. The minimum atomic E-state index is 0.467. The number of halogens is 1. The van der Waals surface area contributed by atoms with Gasteiger partial charge in [0.05, 0.1) is 0 Å². The van der Waals surface area contributed by atoms with Crippen molar-refractivity contribution in [1.29, 1.82) is 0 Å². The lowest BCUT2D eigenvalue weighted by atomic mass is 9.91. The third kappa shape index (κ3) is 3.10. The average Bonchev–Trinajstić information content (AvgIpc) is 2.81. The van der Waals surface area contributed by atoms with Crippen LogP contribution in [0.25, 0.3) is 0 Å². The normalized spacial score (nSPS) is 12.6. The van der Waals surface area contributed by atoms with Crippen LogP contribution in [0.15, 0.2) is 30.9 Å². The first-order valence-electron chi connectivity index (χ1n) is 6.29. The summed E-state index contributed by atoms with van der Waals surface area (Å²) in [5.41, 5.74) is 2.61. The van der Waals surface area contributed by atoms with Gasteiger partial charge in [-0.3, -0.25) is 4.68 Å². The lowest BCUT2D eigenvalue weighted by Crippen LogP contribution is -2.11. The smallest absolute Gasteiger partial charge is 0.137 e. The summed E-state index contributed by atoms with van der Waals surface area (Å²) in [6, 6.07) is 6.13. The van der Waals surface area contributed by atoms with Gasteiger partial charge < -0.3 is 0 Å². The quantitative estimate of drug-likeness (QED) is 0.821. The minimum absolute atomic E-state index is 0.467. The standard InChI is InChI=1S/C14H18ClN3/c1-3-4-12(8-18-10-16-9-17-18)14-6-5-13(15)7-11(14)2/h5-7,9-10,12H,3-4,8H2,1-2H3. The molecule has 3 nitrogen and oxygen atoms in total. The molecular formula is C14H18ClN3. The van der Waals surface area contributed by atoms with Crippen LogP contribution in [0.3, 0.4) is 0 Å². The zero-order valence-electron chi connectivity index (χ0n) is 10.8. The SMILES string of the molecule is CCCC(Cn1cncn1)c1ccc(Cl)cc1C. The Morgan fingerprint density at radius 1 is 1.39 bits per heavy atom. The van der Waals surface area contributed by atoms with Crippen LogP contribution in [0, 0.1) is 6.92 Å². The Labute approximate surface area is 113 Å². The lowest BCUT2D eigenvalue weighted by molar-refractivity contribution is 0.483. The van der Waals surface area contributed by atoms with Crippen molar-refractivity contribution in [1.82, 2.24) is 14.8 Å². The van der Waals surface area contributed by atoms with E-state index >= 15 is 0 Å². The van der Waals surface area contributed by atoms with Crippen LogP contribution in [-0.2, 0) is 6.54 Å². The molecule has 1 aromatic carbocycles. The molecule has 0 fully saturated rings. The van der Waals surface area contributed by atoms with Gasteiger partial charge in [0.1, 0.15) is 12.7 Å². The molecule has 0 spiro atoms. The van der Waals surface area contributed by atoms with E-state index in [0.29, 0.717) is 5.92 Å². The summed E-state index contributed by atoms with van der Waals surface area (Å²) in [5.74, 6) is 0.467. The van der Waals surface area contributed by atoms with Crippen LogP contribution >= 0.6 is 11.6 Å². The van der Waals surface area contributed by atoms with Gasteiger partial charge in [-0.25, -0.2) is 4.98 Å². The summed E-state index contributed by atoms with van der Waals surface area (Å²) in [5, 5.41) is 4.99. The summed E-state index contributed by atoms with van der Waals surface area (Å²) in [7, 11) is 0. The second kappa shape index (κ2) is 6.01. The van der Waals surface area contributed by atoms with E-state index in [1.165, 1.54) is 11.1 Å². The fourth-order valence-corrected chi connectivity index (χ4v) is 2.57. The molecular weight excluding hydrogens is 246 g/mol. The highest BCUT2D eigenvalue weighted by molar-refractivity contribution is 6.30. The molecule has 0 N–H and O–H groups in total. The molecule has 2 aromatic rings. The van der Waals surface area contributed by atoms with E-state index in [0.717, 1.165) is 24.4 Å². The van der Waals surface area contributed by atoms with Gasteiger partial charge in [0.15, 0.2) is 0 Å². The van der Waals surface area contributed by atoms with E-state index in [4.69, 9.17) is 11.6 Å². The van der Waals surface area contributed by atoms with Gasteiger partial charge in [-0.1, -0.05) is 31.0 Å². The van der Waals surface area contributed by atoms with Crippen molar-refractivity contribution < 1.29 is 0 Å². The molecule has 1 atom stereocenters. The Morgan fingerprint density at radius 3 is 2.83 bits per heavy atom. The van der Waals surface area contributed by atoms with Crippen LogP contribution in [0.2, 0.25) is 5.02 Å². The molecule has 0 aliphatic heterocycles. The molecule has 18 heavy (non-hydrogen) atoms. The topological polar surface area (TPSA) is 30.7 Å². The summed E-state index contributed by atoms with van der Waals surface area (Å²) in [6.07, 6.45) is 5.65. The van der Waals surface area contributed by atoms with Crippen LogP contribution < -0.4 is 0 Å². The average molecular weight is 264 g/mol. The number of nitrogens with zero attached hydrogens (tertiary/aromatic N) is 3. The Morgan fingerprint density at radius 2 is 2.22 bits per heavy atom. The number of hydrogen-bond donors (Lipinski definition) is 0. The van der Waals surface area contributed by atoms with E-state index in [1.54, 1.807) is 12.7 Å². The van der Waals surface area contributed by atoms with Gasteiger partial charge >= 0.3 is 0 Å². The zero-order valence-corrected chi connectivity index (χ0v) is 11.6. The highest BCUT2D eigenvalue weighted by Crippen LogP contribution is 2.27. The highest BCUT2D eigenvalue weighted by Gasteiger charge is 2.14. The molecule has 0 amide bonds. The zero-order chi connectivity index (χ0) is 13.0. The van der Waals surface area contributed by atoms with Crippen molar-refractivity contribution in [3.8, 4) is 0 Å². The number of aryl methyl sites for hydroxylation is 1. The summed E-state index contributed by atoms with van der Waals surface area (Å²) in [6.45, 7) is 5.20. The third-order valence-corrected chi connectivity index (χ3v) is 3.42. The van der Waals surface area contributed by atoms with Gasteiger partial charge in [0.25, 0.3) is 0 Å². The van der Waals surface area contributed by atoms with E-state index in [1.807, 2.05) is 16.8 Å². The van der Waals surface area contributed by atoms with Crippen LogP contribution in [0.5, 0.6) is 0 Å². The fourth-order valence-electron chi connectivity index (χ4n) is 2.34. The molecule has 0 bridgehead atoms. The summed E-state index contributed by atoms with van der Waals surface area (Å²) >= 11 is 6.01. The van der Waals surface area contributed by atoms with Gasteiger partial charge in [-0.15, -0.1) is 0 Å². The van der Waals surface area contributed by atoms with Crippen molar-refractivity contribution in [3.05, 3.63) is 47.0 Å². The fraction of sp³-hybridized carbons (Fsp3) is 0.429. The van der Waals surface area contributed by atoms with Crippen molar-refractivity contribution in [2.45, 2.75) is 39.2 Å². The minimum Gasteiger partial charge on any atom is -0.252 e. The molecule has 0 aliphatic carbocycles. The first-order chi connectivity index (χ1) is 8.70. The maximum atomic E-state index is 6.01. The Kier molecular flexibility index (Phi) is 4.37. The monoisotopic (exact) mass is 263 g/mol. The molecule has 1 heterocycles. The first-order valence-corrected chi connectivity index (χ1v) is 6.67. The Hall–Kier alpha value is -1.35. The maximum absolute atomic E-state index is 6.01. The second-order valence-corrected chi connectivity index (χ2v) is 5.04. The van der Waals surface area contributed by atoms with E-state index < -0.39 is 0 Å². The second-order valence-electron chi connectivity index (χ2n) is 4.60. The predicted octanol–water partition coefficient (Wildman–Crippen LogP) is 3.82. The lowest BCUT2D eigenvalue weighted by Gasteiger charge is -2.19. The van der Waals surface area contributed by atoms with Crippen molar-refractivity contribution in [2.75, 3.05) is 0 Å². The van der Waals surface area contributed by atoms with Gasteiger partial charge in [-0.2, -0.15) is 5.10 Å². The number of benzene rings is 1. The molecule has 0 aliphatic rings. The van der Waals surface area contributed by atoms with Crippen LogP contribution in [0.4, 0.5) is 0 Å². The molecule has 0 saturated carbocycles. The highest BCUT2D eigenvalue weighted by atomic mass is 35.5. The predicted molar refractivity (Wildman–Crippen MR) is 73.9 cm³/mol. The van der Waals surface area contributed by atoms with Crippen LogP contribution in [0.1, 0.15) is 36.8 Å². The van der Waals surface area contributed by atoms with Crippen molar-refractivity contribution in [3.63, 3.8) is 0 Å². The number of aromatic nitrogens is 3. The maximum Gasteiger partial charge on any atom is 0.137 e. The van der Waals surface area contributed by atoms with Gasteiger partial charge in [-0.05, 0) is 36.6 Å². The van der Waals surface area contributed by atoms with E-state index in [-0.39, 0.29) is 0 Å². The largest absolute Gasteiger partial charge is 0.252 e. The summed E-state index contributed by atoms with van der Waals surface area (Å²) < 4.78 is 1.90. The Balaban J connectivity index is 2.23. The molecule has 2 rings (SSSR count). The third-order valence-electron chi connectivity index (χ3n) is 3.18. The van der Waals surface area contributed by atoms with Gasteiger partial charge in [0.2, 0.25) is 0 Å². The Bertz CT molecular complexity index is 494. The van der Waals surface area contributed by atoms with E-state index in [2.05, 4.69) is 30.0 Å². The molecule has 0 saturated heterocycles. The van der Waals surface area contributed by atoms with Crippen molar-refractivity contribution >= 4 is 11.6 Å².